The highest BCUT2D eigenvalue weighted by Crippen LogP contribution is 2.38. The quantitative estimate of drug-likeness (QED) is 0.777. The number of ether oxygens (including phenoxy) is 2. The lowest BCUT2D eigenvalue weighted by atomic mass is 9.78. The number of carbonyl (C=O) groups is 1. The van der Waals surface area contributed by atoms with Crippen LogP contribution in [0.2, 0.25) is 0 Å². The second-order valence-electron chi connectivity index (χ2n) is 7.66. The molecule has 150 valence electrons. The molecule has 2 aliphatic rings. The first-order valence-corrected chi connectivity index (χ1v) is 9.81. The Morgan fingerprint density at radius 1 is 1.39 bits per heavy atom. The zero-order chi connectivity index (χ0) is 19.4. The standard InChI is InChI=1S/C20H26N4O4/c1-26-14-18(25)24-8-5-20(6-9-24)12-15(4-10-27-20)11-17-22-19(23-28-17)16-3-2-7-21-13-16/h2-3,7,13,15H,4-6,8-12,14H2,1H3. The molecular formula is C20H26N4O4. The van der Waals surface area contributed by atoms with Crippen molar-refractivity contribution in [1.29, 1.82) is 0 Å². The van der Waals surface area contributed by atoms with Gasteiger partial charge in [0.2, 0.25) is 17.6 Å². The van der Waals surface area contributed by atoms with E-state index >= 15 is 0 Å². The summed E-state index contributed by atoms with van der Waals surface area (Å²) in [7, 11) is 1.55. The van der Waals surface area contributed by atoms with Gasteiger partial charge in [-0.2, -0.15) is 4.98 Å². The molecule has 0 aromatic carbocycles. The third-order valence-electron chi connectivity index (χ3n) is 5.74. The number of amides is 1. The molecule has 28 heavy (non-hydrogen) atoms. The first-order valence-electron chi connectivity index (χ1n) is 9.81. The molecule has 2 aromatic rings. The predicted molar refractivity (Wildman–Crippen MR) is 100 cm³/mol. The third-order valence-corrected chi connectivity index (χ3v) is 5.74. The van der Waals surface area contributed by atoms with Crippen LogP contribution in [0.3, 0.4) is 0 Å². The molecule has 0 aliphatic carbocycles. The molecular weight excluding hydrogens is 360 g/mol. The van der Waals surface area contributed by atoms with Crippen molar-refractivity contribution in [2.45, 2.75) is 37.7 Å². The van der Waals surface area contributed by atoms with E-state index in [1.54, 1.807) is 19.5 Å². The second kappa shape index (κ2) is 8.36. The molecule has 0 radical (unpaired) electrons. The summed E-state index contributed by atoms with van der Waals surface area (Å²) < 4.78 is 16.6. The van der Waals surface area contributed by atoms with E-state index in [1.165, 1.54) is 0 Å². The summed E-state index contributed by atoms with van der Waals surface area (Å²) in [5.74, 6) is 1.74. The number of hydrogen-bond donors (Lipinski definition) is 0. The number of aromatic nitrogens is 3. The fourth-order valence-electron chi connectivity index (χ4n) is 4.23. The topological polar surface area (TPSA) is 90.6 Å². The van der Waals surface area contributed by atoms with Gasteiger partial charge in [-0.25, -0.2) is 0 Å². The minimum absolute atomic E-state index is 0.0542. The summed E-state index contributed by atoms with van der Waals surface area (Å²) in [6.45, 7) is 2.33. The van der Waals surface area contributed by atoms with Crippen LogP contribution in [0, 0.1) is 5.92 Å². The van der Waals surface area contributed by atoms with Crippen molar-refractivity contribution >= 4 is 5.91 Å². The van der Waals surface area contributed by atoms with Crippen LogP contribution < -0.4 is 0 Å². The van der Waals surface area contributed by atoms with Crippen molar-refractivity contribution < 1.29 is 18.8 Å². The van der Waals surface area contributed by atoms with Gasteiger partial charge in [-0.1, -0.05) is 5.16 Å². The number of hydrogen-bond acceptors (Lipinski definition) is 7. The van der Waals surface area contributed by atoms with Crippen molar-refractivity contribution in [3.8, 4) is 11.4 Å². The highest BCUT2D eigenvalue weighted by molar-refractivity contribution is 5.77. The molecule has 4 heterocycles. The van der Waals surface area contributed by atoms with Crippen molar-refractivity contribution in [2.24, 2.45) is 5.92 Å². The van der Waals surface area contributed by atoms with Gasteiger partial charge in [0, 0.05) is 51.2 Å². The van der Waals surface area contributed by atoms with E-state index in [0.717, 1.165) is 57.4 Å². The second-order valence-corrected chi connectivity index (χ2v) is 7.66. The maximum absolute atomic E-state index is 12.0. The van der Waals surface area contributed by atoms with Gasteiger partial charge in [0.1, 0.15) is 6.61 Å². The van der Waals surface area contributed by atoms with Crippen molar-refractivity contribution in [3.05, 3.63) is 30.4 Å². The number of pyridine rings is 1. The Labute approximate surface area is 164 Å². The SMILES string of the molecule is COCC(=O)N1CCC2(CC1)CC(Cc1nc(-c3cccnc3)no1)CCO2. The predicted octanol–water partition coefficient (Wildman–Crippen LogP) is 2.11. The molecule has 8 heteroatoms. The van der Waals surface area contributed by atoms with Crippen LogP contribution in [0.5, 0.6) is 0 Å². The normalized spacial score (nSPS) is 21.8. The number of methoxy groups -OCH3 is 1. The summed E-state index contributed by atoms with van der Waals surface area (Å²) in [5, 5.41) is 4.09. The van der Waals surface area contributed by atoms with Crippen molar-refractivity contribution in [1.82, 2.24) is 20.0 Å². The fourth-order valence-corrected chi connectivity index (χ4v) is 4.23. The highest BCUT2D eigenvalue weighted by atomic mass is 16.5. The van der Waals surface area contributed by atoms with E-state index in [4.69, 9.17) is 14.0 Å². The number of carbonyl (C=O) groups excluding carboxylic acids is 1. The average Bonchev–Trinajstić information content (AvgIpc) is 3.18. The maximum atomic E-state index is 12.0. The molecule has 0 bridgehead atoms. The van der Waals surface area contributed by atoms with Gasteiger partial charge >= 0.3 is 0 Å². The van der Waals surface area contributed by atoms with Gasteiger partial charge < -0.3 is 18.9 Å². The number of likely N-dealkylation sites (tertiary alicyclic amines) is 1. The van der Waals surface area contributed by atoms with Gasteiger partial charge in [-0.3, -0.25) is 9.78 Å². The summed E-state index contributed by atoms with van der Waals surface area (Å²) in [6.07, 6.45) is 7.89. The average molecular weight is 386 g/mol. The maximum Gasteiger partial charge on any atom is 0.248 e. The molecule has 8 nitrogen and oxygen atoms in total. The van der Waals surface area contributed by atoms with Crippen LogP contribution in [0.1, 0.15) is 31.6 Å². The lowest BCUT2D eigenvalue weighted by Gasteiger charge is -2.46. The fraction of sp³-hybridized carbons (Fsp3) is 0.600. The Balaban J connectivity index is 1.35. The molecule has 2 aliphatic heterocycles. The summed E-state index contributed by atoms with van der Waals surface area (Å²) in [4.78, 5) is 22.5. The molecule has 4 rings (SSSR count). The minimum Gasteiger partial charge on any atom is -0.375 e. The van der Waals surface area contributed by atoms with Crippen LogP contribution in [-0.2, 0) is 20.7 Å². The molecule has 1 amide bonds. The molecule has 0 N–H and O–H groups in total. The van der Waals surface area contributed by atoms with Crippen LogP contribution in [0.25, 0.3) is 11.4 Å². The summed E-state index contributed by atoms with van der Waals surface area (Å²) in [6, 6.07) is 3.78. The van der Waals surface area contributed by atoms with Crippen LogP contribution in [0.4, 0.5) is 0 Å². The Morgan fingerprint density at radius 2 is 2.25 bits per heavy atom. The Kier molecular flexibility index (Phi) is 5.68. The van der Waals surface area contributed by atoms with Crippen molar-refractivity contribution in [2.75, 3.05) is 33.4 Å². The monoisotopic (exact) mass is 386 g/mol. The third kappa shape index (κ3) is 4.23. The van der Waals surface area contributed by atoms with Gasteiger partial charge in [0.15, 0.2) is 0 Å². The minimum atomic E-state index is -0.140. The summed E-state index contributed by atoms with van der Waals surface area (Å²) in [5.41, 5.74) is 0.716. The lowest BCUT2D eigenvalue weighted by molar-refractivity contribution is -0.150. The van der Waals surface area contributed by atoms with Crippen LogP contribution >= 0.6 is 0 Å². The highest BCUT2D eigenvalue weighted by Gasteiger charge is 2.41. The van der Waals surface area contributed by atoms with Crippen molar-refractivity contribution in [3.63, 3.8) is 0 Å². The number of rotatable bonds is 5. The van der Waals surface area contributed by atoms with E-state index in [-0.39, 0.29) is 18.1 Å². The molecule has 0 saturated carbocycles. The van der Waals surface area contributed by atoms with Gasteiger partial charge in [0.25, 0.3) is 0 Å². The smallest absolute Gasteiger partial charge is 0.248 e. The van der Waals surface area contributed by atoms with E-state index < -0.39 is 0 Å². The molecule has 1 unspecified atom stereocenters. The largest absolute Gasteiger partial charge is 0.375 e. The lowest BCUT2D eigenvalue weighted by Crippen LogP contribution is -2.51. The Hall–Kier alpha value is -2.32. The first kappa shape index (κ1) is 19.0. The molecule has 1 atom stereocenters. The Morgan fingerprint density at radius 3 is 3.00 bits per heavy atom. The van der Waals surface area contributed by atoms with E-state index in [2.05, 4.69) is 15.1 Å². The first-order chi connectivity index (χ1) is 13.7. The van der Waals surface area contributed by atoms with Gasteiger partial charge in [-0.15, -0.1) is 0 Å². The van der Waals surface area contributed by atoms with E-state index in [0.29, 0.717) is 17.6 Å². The molecule has 2 saturated heterocycles. The zero-order valence-corrected chi connectivity index (χ0v) is 16.2. The number of piperidine rings is 1. The van der Waals surface area contributed by atoms with Gasteiger partial charge in [-0.05, 0) is 43.7 Å². The molecule has 2 fully saturated rings. The zero-order valence-electron chi connectivity index (χ0n) is 16.2. The van der Waals surface area contributed by atoms with E-state index in [1.807, 2.05) is 17.0 Å². The van der Waals surface area contributed by atoms with Crippen LogP contribution in [0.15, 0.2) is 29.0 Å². The Bertz CT molecular complexity index is 787. The molecule has 1 spiro atoms. The van der Waals surface area contributed by atoms with E-state index in [9.17, 15) is 4.79 Å². The van der Waals surface area contributed by atoms with Crippen LogP contribution in [-0.4, -0.2) is 64.9 Å². The van der Waals surface area contributed by atoms with Gasteiger partial charge in [0.05, 0.1) is 5.60 Å². The summed E-state index contributed by atoms with van der Waals surface area (Å²) >= 11 is 0. The molecule has 2 aromatic heterocycles. The number of nitrogens with zero attached hydrogens (tertiary/aromatic N) is 4.